The fourth-order valence-corrected chi connectivity index (χ4v) is 3.53. The summed E-state index contributed by atoms with van der Waals surface area (Å²) in [6, 6.07) is 1.69. The minimum absolute atomic E-state index is 0.0299. The molecule has 0 bridgehead atoms. The molecule has 25 heavy (non-hydrogen) atoms. The van der Waals surface area contributed by atoms with Crippen molar-refractivity contribution in [2.75, 3.05) is 13.1 Å². The first-order chi connectivity index (χ1) is 11.6. The molecule has 1 amide bonds. The molecule has 2 rings (SSSR count). The summed E-state index contributed by atoms with van der Waals surface area (Å²) < 4.78 is 0. The Hall–Kier alpha value is -1.69. The highest BCUT2D eigenvalue weighted by Gasteiger charge is 2.39. The van der Waals surface area contributed by atoms with Crippen LogP contribution in [0.25, 0.3) is 0 Å². The predicted molar refractivity (Wildman–Crippen MR) is 97.5 cm³/mol. The van der Waals surface area contributed by atoms with E-state index in [1.165, 1.54) is 0 Å². The van der Waals surface area contributed by atoms with Crippen LogP contribution in [0.2, 0.25) is 0 Å². The van der Waals surface area contributed by atoms with Crippen molar-refractivity contribution in [3.8, 4) is 0 Å². The Kier molecular flexibility index (Phi) is 6.03. The van der Waals surface area contributed by atoms with Gasteiger partial charge in [-0.15, -0.1) is 0 Å². The van der Waals surface area contributed by atoms with E-state index in [4.69, 9.17) is 0 Å². The predicted octanol–water partition coefficient (Wildman–Crippen LogP) is 2.23. The summed E-state index contributed by atoms with van der Waals surface area (Å²) in [6.07, 6.45) is 2.10. The van der Waals surface area contributed by atoms with E-state index < -0.39 is 11.3 Å². The lowest BCUT2D eigenvalue weighted by Gasteiger charge is -2.43. The van der Waals surface area contributed by atoms with Crippen molar-refractivity contribution in [3.05, 3.63) is 27.9 Å². The molecule has 0 unspecified atom stereocenters. The monoisotopic (exact) mass is 349 g/mol. The van der Waals surface area contributed by atoms with E-state index in [0.717, 1.165) is 12.1 Å². The second kappa shape index (κ2) is 7.68. The van der Waals surface area contributed by atoms with Crippen molar-refractivity contribution in [1.29, 1.82) is 0 Å². The normalized spacial score (nSPS) is 24.2. The van der Waals surface area contributed by atoms with Crippen LogP contribution in [0.4, 0.5) is 0 Å². The number of aromatic amines is 1. The molecule has 1 aromatic rings. The number of nitrogens with one attached hydrogen (secondary N) is 1. The van der Waals surface area contributed by atoms with Gasteiger partial charge in [-0.05, 0) is 44.1 Å². The third-order valence-corrected chi connectivity index (χ3v) is 4.90. The van der Waals surface area contributed by atoms with Crippen LogP contribution in [0.5, 0.6) is 0 Å². The molecule has 140 valence electrons. The average Bonchev–Trinajstić information content (AvgIpc) is 2.47. The molecule has 0 saturated carbocycles. The van der Waals surface area contributed by atoms with Gasteiger partial charge in [0.1, 0.15) is 5.69 Å². The smallest absolute Gasteiger partial charge is 0.345 e. The number of hydrogen-bond donors (Lipinski definition) is 2. The number of hydrogen-bond acceptors (Lipinski definition) is 4. The Morgan fingerprint density at radius 1 is 1.40 bits per heavy atom. The molecular formula is C19H31N3O3. The largest absolute Gasteiger partial charge is 0.390 e. The van der Waals surface area contributed by atoms with Crippen LogP contribution in [-0.2, 0) is 6.42 Å². The molecule has 6 nitrogen and oxygen atoms in total. The first-order valence-electron chi connectivity index (χ1n) is 9.20. The van der Waals surface area contributed by atoms with Gasteiger partial charge in [0.05, 0.1) is 5.60 Å². The molecule has 1 aliphatic heterocycles. The fraction of sp³-hybridized carbons (Fsp3) is 0.737. The number of likely N-dealkylation sites (tertiary alicyclic amines) is 1. The lowest BCUT2D eigenvalue weighted by molar-refractivity contribution is -0.0578. The van der Waals surface area contributed by atoms with Gasteiger partial charge < -0.3 is 15.0 Å². The van der Waals surface area contributed by atoms with Gasteiger partial charge in [-0.3, -0.25) is 4.79 Å². The van der Waals surface area contributed by atoms with Crippen LogP contribution in [0, 0.1) is 17.8 Å². The molecule has 2 atom stereocenters. The van der Waals surface area contributed by atoms with Gasteiger partial charge in [0.15, 0.2) is 0 Å². The van der Waals surface area contributed by atoms with Crippen LogP contribution >= 0.6 is 0 Å². The maximum absolute atomic E-state index is 12.9. The Bertz CT molecular complexity index is 664. The number of aromatic nitrogens is 2. The number of rotatable bonds is 5. The van der Waals surface area contributed by atoms with Gasteiger partial charge in [0.25, 0.3) is 5.91 Å². The molecule has 0 spiro atoms. The quantitative estimate of drug-likeness (QED) is 0.853. The van der Waals surface area contributed by atoms with Gasteiger partial charge >= 0.3 is 5.69 Å². The molecule has 0 radical (unpaired) electrons. The molecule has 0 aliphatic carbocycles. The number of piperidine rings is 1. The summed E-state index contributed by atoms with van der Waals surface area (Å²) in [5.41, 5.74) is -0.305. The highest BCUT2D eigenvalue weighted by atomic mass is 16.3. The van der Waals surface area contributed by atoms with Crippen LogP contribution in [0.1, 0.15) is 63.6 Å². The van der Waals surface area contributed by atoms with Crippen molar-refractivity contribution in [2.24, 2.45) is 17.8 Å². The SMILES string of the molecule is CC(C)Cc1cc(C(=O)N2CC[C@](C)(O)[C@H](CC(C)C)C2)nc(=O)[nH]1. The van der Waals surface area contributed by atoms with Gasteiger partial charge in [-0.25, -0.2) is 4.79 Å². The fourth-order valence-electron chi connectivity index (χ4n) is 3.53. The van der Waals surface area contributed by atoms with Gasteiger partial charge in [0, 0.05) is 24.7 Å². The van der Waals surface area contributed by atoms with Crippen LogP contribution in [0.3, 0.4) is 0 Å². The van der Waals surface area contributed by atoms with Crippen molar-refractivity contribution in [1.82, 2.24) is 14.9 Å². The van der Waals surface area contributed by atoms with Gasteiger partial charge in [-0.2, -0.15) is 4.98 Å². The molecule has 1 aromatic heterocycles. The first kappa shape index (κ1) is 19.6. The number of carbonyl (C=O) groups excluding carboxylic acids is 1. The zero-order chi connectivity index (χ0) is 18.8. The van der Waals surface area contributed by atoms with Crippen molar-refractivity contribution < 1.29 is 9.90 Å². The van der Waals surface area contributed by atoms with Crippen molar-refractivity contribution in [3.63, 3.8) is 0 Å². The third-order valence-electron chi connectivity index (χ3n) is 4.90. The number of aliphatic hydroxyl groups is 1. The van der Waals surface area contributed by atoms with Crippen molar-refractivity contribution >= 4 is 5.91 Å². The third kappa shape index (κ3) is 5.14. The second-order valence-electron chi connectivity index (χ2n) is 8.38. The molecular weight excluding hydrogens is 318 g/mol. The van der Waals surface area contributed by atoms with Gasteiger partial charge in [0.2, 0.25) is 0 Å². The maximum atomic E-state index is 12.9. The minimum atomic E-state index is -0.758. The lowest BCUT2D eigenvalue weighted by atomic mass is 9.78. The average molecular weight is 349 g/mol. The van der Waals surface area contributed by atoms with E-state index in [0.29, 0.717) is 37.8 Å². The topological polar surface area (TPSA) is 86.3 Å². The minimum Gasteiger partial charge on any atom is -0.390 e. The van der Waals surface area contributed by atoms with E-state index in [-0.39, 0.29) is 17.5 Å². The zero-order valence-corrected chi connectivity index (χ0v) is 16.0. The number of H-pyrrole nitrogens is 1. The Balaban J connectivity index is 2.20. The zero-order valence-electron chi connectivity index (χ0n) is 16.0. The number of amides is 1. The molecule has 1 fully saturated rings. The van der Waals surface area contributed by atoms with E-state index in [9.17, 15) is 14.7 Å². The van der Waals surface area contributed by atoms with E-state index in [1.807, 2.05) is 6.92 Å². The van der Waals surface area contributed by atoms with Crippen LogP contribution in [0.15, 0.2) is 10.9 Å². The highest BCUT2D eigenvalue weighted by Crippen LogP contribution is 2.32. The van der Waals surface area contributed by atoms with Gasteiger partial charge in [-0.1, -0.05) is 27.7 Å². The summed E-state index contributed by atoms with van der Waals surface area (Å²) in [7, 11) is 0. The summed E-state index contributed by atoms with van der Waals surface area (Å²) in [5, 5.41) is 10.6. The Morgan fingerprint density at radius 3 is 2.68 bits per heavy atom. The van der Waals surface area contributed by atoms with E-state index in [1.54, 1.807) is 11.0 Å². The summed E-state index contributed by atoms with van der Waals surface area (Å²) >= 11 is 0. The van der Waals surface area contributed by atoms with E-state index >= 15 is 0 Å². The molecule has 1 aliphatic rings. The molecule has 1 saturated heterocycles. The standard InChI is InChI=1S/C19H31N3O3/c1-12(2)8-14-11-22(7-6-19(14,5)25)17(23)16-10-15(9-13(3)4)20-18(24)21-16/h10,12-14,25H,6-9,11H2,1-5H3,(H,20,21,24)/t14-,19+/m1/s1. The Morgan fingerprint density at radius 2 is 2.08 bits per heavy atom. The van der Waals surface area contributed by atoms with Crippen LogP contribution in [-0.4, -0.2) is 44.6 Å². The summed E-state index contributed by atoms with van der Waals surface area (Å²) in [5.74, 6) is 0.631. The first-order valence-corrected chi connectivity index (χ1v) is 9.20. The van der Waals surface area contributed by atoms with Crippen LogP contribution < -0.4 is 5.69 Å². The molecule has 0 aromatic carbocycles. The number of carbonyl (C=O) groups is 1. The molecule has 2 N–H and O–H groups in total. The maximum Gasteiger partial charge on any atom is 0.345 e. The highest BCUT2D eigenvalue weighted by molar-refractivity contribution is 5.92. The molecule has 6 heteroatoms. The molecule has 2 heterocycles. The lowest BCUT2D eigenvalue weighted by Crippen LogP contribution is -2.52. The van der Waals surface area contributed by atoms with E-state index in [2.05, 4.69) is 37.7 Å². The Labute approximate surface area is 149 Å². The summed E-state index contributed by atoms with van der Waals surface area (Å²) in [6.45, 7) is 11.2. The van der Waals surface area contributed by atoms with Crippen molar-refractivity contribution in [2.45, 2.75) is 59.5 Å². The number of nitrogens with zero attached hydrogens (tertiary/aromatic N) is 2. The summed E-state index contributed by atoms with van der Waals surface area (Å²) in [4.78, 5) is 33.0. The second-order valence-corrected chi connectivity index (χ2v) is 8.38.